The molecule has 134 valence electrons. The Morgan fingerprint density at radius 2 is 2.00 bits per heavy atom. The highest BCUT2D eigenvalue weighted by Gasteiger charge is 2.32. The highest BCUT2D eigenvalue weighted by molar-refractivity contribution is 6.33. The maximum Gasteiger partial charge on any atom is 0.269 e. The van der Waals surface area contributed by atoms with Gasteiger partial charge in [0.1, 0.15) is 6.04 Å². The number of carbonyl (C=O) groups excluding carboxylic acids is 2. The molecular weight excluding hydrogens is 358 g/mol. The number of benzene rings is 2. The lowest BCUT2D eigenvalue weighted by Gasteiger charge is -2.33. The van der Waals surface area contributed by atoms with Crippen LogP contribution in [0.4, 0.5) is 17.1 Å². The molecule has 26 heavy (non-hydrogen) atoms. The number of aryl methyl sites for hydroxylation is 1. The number of nitrogens with one attached hydrogen (secondary N) is 1. The number of anilines is 2. The van der Waals surface area contributed by atoms with E-state index in [0.717, 1.165) is 0 Å². The van der Waals surface area contributed by atoms with Crippen LogP contribution in [0.3, 0.4) is 0 Å². The van der Waals surface area contributed by atoms with Gasteiger partial charge in [0.15, 0.2) is 0 Å². The molecule has 0 spiro atoms. The highest BCUT2D eigenvalue weighted by Crippen LogP contribution is 2.33. The summed E-state index contributed by atoms with van der Waals surface area (Å²) >= 11 is 6.06. The molecule has 0 radical (unpaired) electrons. The average Bonchev–Trinajstić information content (AvgIpc) is 2.62. The summed E-state index contributed by atoms with van der Waals surface area (Å²) in [6, 6.07) is 10.3. The summed E-state index contributed by atoms with van der Waals surface area (Å²) in [6.07, 6.45) is 0.600. The number of para-hydroxylation sites is 1. The second-order valence-electron chi connectivity index (χ2n) is 5.98. The number of nitrogens with zero attached hydrogens (tertiary/aromatic N) is 2. The number of nitro groups is 1. The van der Waals surface area contributed by atoms with Crippen molar-refractivity contribution in [1.82, 2.24) is 0 Å². The fourth-order valence-electron chi connectivity index (χ4n) is 2.96. The molecular formula is C18H16ClN3O4. The summed E-state index contributed by atoms with van der Waals surface area (Å²) in [6.45, 7) is 1.61. The van der Waals surface area contributed by atoms with E-state index in [4.69, 9.17) is 11.6 Å². The van der Waals surface area contributed by atoms with Gasteiger partial charge in [0.05, 0.1) is 15.6 Å². The first kappa shape index (κ1) is 17.9. The lowest BCUT2D eigenvalue weighted by Crippen LogP contribution is -2.48. The molecule has 1 unspecified atom stereocenters. The zero-order valence-electron chi connectivity index (χ0n) is 13.9. The minimum absolute atomic E-state index is 0.0359. The Hall–Kier alpha value is -2.93. The van der Waals surface area contributed by atoms with Crippen LogP contribution in [0.2, 0.25) is 5.02 Å². The molecule has 1 N–H and O–H groups in total. The van der Waals surface area contributed by atoms with Gasteiger partial charge in [0.25, 0.3) is 5.69 Å². The monoisotopic (exact) mass is 373 g/mol. The van der Waals surface area contributed by atoms with Crippen molar-refractivity contribution in [2.24, 2.45) is 0 Å². The van der Waals surface area contributed by atoms with Gasteiger partial charge in [0, 0.05) is 24.2 Å². The predicted molar refractivity (Wildman–Crippen MR) is 98.4 cm³/mol. The summed E-state index contributed by atoms with van der Waals surface area (Å²) in [5.74, 6) is -0.592. The van der Waals surface area contributed by atoms with Gasteiger partial charge >= 0.3 is 0 Å². The largest absolute Gasteiger partial charge is 0.323 e. The number of carbonyl (C=O) groups is 2. The van der Waals surface area contributed by atoms with E-state index in [9.17, 15) is 19.7 Å². The van der Waals surface area contributed by atoms with Crippen LogP contribution in [-0.4, -0.2) is 22.8 Å². The van der Waals surface area contributed by atoms with Crippen molar-refractivity contribution >= 4 is 40.5 Å². The molecule has 2 aromatic rings. The fraction of sp³-hybridized carbons (Fsp3) is 0.222. The Morgan fingerprint density at radius 3 is 2.69 bits per heavy atom. The molecule has 0 saturated carbocycles. The molecule has 3 rings (SSSR count). The maximum atomic E-state index is 12.6. The van der Waals surface area contributed by atoms with E-state index in [2.05, 4.69) is 5.32 Å². The number of hydrogen-bond acceptors (Lipinski definition) is 4. The second kappa shape index (κ2) is 7.13. The molecule has 1 aliphatic heterocycles. The third kappa shape index (κ3) is 3.39. The van der Waals surface area contributed by atoms with E-state index < -0.39 is 16.9 Å². The van der Waals surface area contributed by atoms with Crippen molar-refractivity contribution in [3.05, 3.63) is 63.2 Å². The van der Waals surface area contributed by atoms with Crippen LogP contribution in [0, 0.1) is 10.1 Å². The Labute approximate surface area is 154 Å². The number of hydrogen-bond donors (Lipinski definition) is 1. The third-order valence-electron chi connectivity index (χ3n) is 4.31. The average molecular weight is 374 g/mol. The van der Waals surface area contributed by atoms with Crippen LogP contribution >= 0.6 is 11.6 Å². The first-order chi connectivity index (χ1) is 12.4. The lowest BCUT2D eigenvalue weighted by atomic mass is 9.98. The van der Waals surface area contributed by atoms with E-state index in [1.165, 1.54) is 23.1 Å². The smallest absolute Gasteiger partial charge is 0.269 e. The van der Waals surface area contributed by atoms with Gasteiger partial charge < -0.3 is 5.32 Å². The van der Waals surface area contributed by atoms with Gasteiger partial charge in [0.2, 0.25) is 11.8 Å². The minimum atomic E-state index is -0.792. The van der Waals surface area contributed by atoms with Gasteiger partial charge in [-0.05, 0) is 37.1 Å². The quantitative estimate of drug-likeness (QED) is 0.655. The Balaban J connectivity index is 1.88. The number of fused-ring (bicyclic) bond motifs is 1. The molecule has 8 heteroatoms. The van der Waals surface area contributed by atoms with Crippen LogP contribution in [0.5, 0.6) is 0 Å². The van der Waals surface area contributed by atoms with Gasteiger partial charge in [-0.3, -0.25) is 24.6 Å². The molecule has 0 fully saturated rings. The van der Waals surface area contributed by atoms with Crippen molar-refractivity contribution in [2.75, 3.05) is 10.2 Å². The first-order valence-electron chi connectivity index (χ1n) is 8.03. The molecule has 1 aliphatic rings. The standard InChI is InChI=1S/C18H16ClN3O4/c1-11(18(24)20-15-5-3-2-4-14(15)19)21-16-8-7-13(22(25)26)10-12(16)6-9-17(21)23/h2-5,7-8,10-11H,6,9H2,1H3,(H,20,24). The van der Waals surface area contributed by atoms with E-state index in [1.54, 1.807) is 31.2 Å². The number of halogens is 1. The molecule has 0 aliphatic carbocycles. The highest BCUT2D eigenvalue weighted by atomic mass is 35.5. The van der Waals surface area contributed by atoms with Crippen LogP contribution in [0.25, 0.3) is 0 Å². The third-order valence-corrected chi connectivity index (χ3v) is 4.64. The molecule has 2 amide bonds. The summed E-state index contributed by atoms with van der Waals surface area (Å²) in [7, 11) is 0. The van der Waals surface area contributed by atoms with Crippen molar-refractivity contribution < 1.29 is 14.5 Å². The second-order valence-corrected chi connectivity index (χ2v) is 6.39. The van der Waals surface area contributed by atoms with E-state index >= 15 is 0 Å². The van der Waals surface area contributed by atoms with Crippen LogP contribution in [0.1, 0.15) is 18.9 Å². The first-order valence-corrected chi connectivity index (χ1v) is 8.41. The van der Waals surface area contributed by atoms with Gasteiger partial charge in [-0.15, -0.1) is 0 Å². The maximum absolute atomic E-state index is 12.6. The van der Waals surface area contributed by atoms with Gasteiger partial charge in [-0.25, -0.2) is 0 Å². The Morgan fingerprint density at radius 1 is 1.27 bits per heavy atom. The van der Waals surface area contributed by atoms with E-state index in [1.807, 2.05) is 0 Å². The number of rotatable bonds is 4. The van der Waals surface area contributed by atoms with Crippen molar-refractivity contribution in [3.63, 3.8) is 0 Å². The Bertz CT molecular complexity index is 900. The van der Waals surface area contributed by atoms with Gasteiger partial charge in [-0.1, -0.05) is 23.7 Å². The molecule has 1 atom stereocenters. The molecule has 2 aromatic carbocycles. The summed E-state index contributed by atoms with van der Waals surface area (Å²) in [5, 5.41) is 14.1. The topological polar surface area (TPSA) is 92.6 Å². The van der Waals surface area contributed by atoms with Crippen LogP contribution in [-0.2, 0) is 16.0 Å². The normalized spacial score (nSPS) is 14.5. The summed E-state index contributed by atoms with van der Waals surface area (Å²) in [5.41, 5.74) is 1.62. The molecule has 0 saturated heterocycles. The lowest BCUT2D eigenvalue weighted by molar-refractivity contribution is -0.384. The molecule has 0 bridgehead atoms. The molecule has 7 nitrogen and oxygen atoms in total. The van der Waals surface area contributed by atoms with Crippen molar-refractivity contribution in [1.29, 1.82) is 0 Å². The SMILES string of the molecule is CC(C(=O)Nc1ccccc1Cl)N1C(=O)CCc2cc([N+](=O)[O-])ccc21. The van der Waals surface area contributed by atoms with E-state index in [0.29, 0.717) is 28.4 Å². The fourth-order valence-corrected chi connectivity index (χ4v) is 3.14. The van der Waals surface area contributed by atoms with Crippen LogP contribution < -0.4 is 10.2 Å². The summed E-state index contributed by atoms with van der Waals surface area (Å²) < 4.78 is 0. The predicted octanol–water partition coefficient (Wildman–Crippen LogP) is 3.55. The zero-order chi connectivity index (χ0) is 18.8. The van der Waals surface area contributed by atoms with Crippen molar-refractivity contribution in [2.45, 2.75) is 25.8 Å². The van der Waals surface area contributed by atoms with Crippen molar-refractivity contribution in [3.8, 4) is 0 Å². The minimum Gasteiger partial charge on any atom is -0.323 e. The zero-order valence-corrected chi connectivity index (χ0v) is 14.7. The molecule has 0 aromatic heterocycles. The van der Waals surface area contributed by atoms with E-state index in [-0.39, 0.29) is 18.0 Å². The van der Waals surface area contributed by atoms with Crippen LogP contribution in [0.15, 0.2) is 42.5 Å². The summed E-state index contributed by atoms with van der Waals surface area (Å²) in [4.78, 5) is 36.9. The molecule has 1 heterocycles. The van der Waals surface area contributed by atoms with Gasteiger partial charge in [-0.2, -0.15) is 0 Å². The Kier molecular flexibility index (Phi) is 4.90. The number of amides is 2. The number of nitro benzene ring substituents is 1. The number of non-ortho nitro benzene ring substituents is 1.